The van der Waals surface area contributed by atoms with Crippen LogP contribution in [0, 0.1) is 11.7 Å². The number of hydrogen-bond acceptors (Lipinski definition) is 7. The van der Waals surface area contributed by atoms with Crippen LogP contribution in [0.4, 0.5) is 4.39 Å². The fraction of sp³-hybridized carbons (Fsp3) is 0.409. The van der Waals surface area contributed by atoms with Crippen molar-refractivity contribution in [1.29, 1.82) is 0 Å². The van der Waals surface area contributed by atoms with Gasteiger partial charge in [0.25, 0.3) is 5.56 Å². The Bertz CT molecular complexity index is 1350. The van der Waals surface area contributed by atoms with Crippen molar-refractivity contribution < 1.29 is 22.3 Å². The van der Waals surface area contributed by atoms with Gasteiger partial charge in [0.1, 0.15) is 10.6 Å². The molecule has 2 N–H and O–H groups in total. The van der Waals surface area contributed by atoms with Gasteiger partial charge >= 0.3 is 5.97 Å². The van der Waals surface area contributed by atoms with Crippen molar-refractivity contribution in [2.75, 3.05) is 6.54 Å². The summed E-state index contributed by atoms with van der Waals surface area (Å²) in [5.74, 6) is -0.371. The van der Waals surface area contributed by atoms with Crippen LogP contribution >= 0.6 is 11.3 Å². The summed E-state index contributed by atoms with van der Waals surface area (Å²) in [6.07, 6.45) is 1.81. The molecular formula is C22H24FN3O5S2. The normalized spacial score (nSPS) is 17.0. The molecule has 0 radical (unpaired) electrons. The molecule has 3 aromatic rings. The second-order valence-corrected chi connectivity index (χ2v) is 11.1. The minimum absolute atomic E-state index is 0.103. The minimum atomic E-state index is -3.87. The molecule has 11 heteroatoms. The Labute approximate surface area is 194 Å². The molecule has 8 nitrogen and oxygen atoms in total. The van der Waals surface area contributed by atoms with Gasteiger partial charge in [-0.2, -0.15) is 0 Å². The minimum Gasteiger partial charge on any atom is -0.454 e. The number of aryl methyl sites for hydroxylation is 1. The summed E-state index contributed by atoms with van der Waals surface area (Å²) in [4.78, 5) is 33.9. The van der Waals surface area contributed by atoms with Crippen molar-refractivity contribution in [3.8, 4) is 0 Å². The van der Waals surface area contributed by atoms with Gasteiger partial charge < -0.3 is 9.72 Å². The highest BCUT2D eigenvalue weighted by Gasteiger charge is 2.24. The maximum Gasteiger partial charge on any atom is 0.307 e. The number of aromatic nitrogens is 2. The maximum absolute atomic E-state index is 13.0. The summed E-state index contributed by atoms with van der Waals surface area (Å²) in [6.45, 7) is 3.60. The molecule has 0 aliphatic heterocycles. The van der Waals surface area contributed by atoms with Gasteiger partial charge in [-0.15, -0.1) is 11.3 Å². The average Bonchev–Trinajstić information content (AvgIpc) is 3.11. The zero-order valence-electron chi connectivity index (χ0n) is 18.2. The number of fused-ring (bicyclic) bond motifs is 3. The van der Waals surface area contributed by atoms with Gasteiger partial charge in [0.05, 0.1) is 16.7 Å². The van der Waals surface area contributed by atoms with Gasteiger partial charge in [-0.1, -0.05) is 6.92 Å². The van der Waals surface area contributed by atoms with E-state index in [1.807, 2.05) is 0 Å². The Morgan fingerprint density at radius 3 is 2.82 bits per heavy atom. The van der Waals surface area contributed by atoms with Crippen LogP contribution < -0.4 is 10.3 Å². The van der Waals surface area contributed by atoms with Crippen molar-refractivity contribution >= 4 is 37.5 Å². The molecular weight excluding hydrogens is 469 g/mol. The molecule has 1 aliphatic rings. The number of rotatable bonds is 7. The summed E-state index contributed by atoms with van der Waals surface area (Å²) >= 11 is 1.51. The second-order valence-electron chi connectivity index (χ2n) is 8.22. The maximum atomic E-state index is 13.0. The number of thiophene rings is 1. The Morgan fingerprint density at radius 1 is 1.36 bits per heavy atom. The second kappa shape index (κ2) is 9.32. The van der Waals surface area contributed by atoms with E-state index in [2.05, 4.69) is 21.6 Å². The molecule has 176 valence electrons. The van der Waals surface area contributed by atoms with Crippen molar-refractivity contribution in [1.82, 2.24) is 14.7 Å². The highest BCUT2D eigenvalue weighted by Crippen LogP contribution is 2.36. The number of sulfonamides is 1. The number of hydrogen-bond donors (Lipinski definition) is 2. The standard InChI is InChI=1S/C22H24FN3O5S2/c1-12-3-8-16-17(11-12)32-22-19(16)21(28)25-20(26-22)13(2)31-18(27)9-10-24-33(29,30)15-6-4-14(23)5-7-15/h4-7,12-13,24H,3,8-11H2,1-2H3,(H,25,26,28)/t12-,13-/m0/s1. The van der Waals surface area contributed by atoms with Crippen LogP contribution in [0.3, 0.4) is 0 Å². The van der Waals surface area contributed by atoms with E-state index in [9.17, 15) is 22.4 Å². The lowest BCUT2D eigenvalue weighted by Crippen LogP contribution is -2.27. The topological polar surface area (TPSA) is 118 Å². The molecule has 1 aliphatic carbocycles. The Kier molecular flexibility index (Phi) is 6.64. The van der Waals surface area contributed by atoms with E-state index in [0.717, 1.165) is 49.1 Å². The Hall–Kier alpha value is -2.63. The van der Waals surface area contributed by atoms with Crippen LogP contribution in [-0.2, 0) is 32.4 Å². The first-order chi connectivity index (χ1) is 15.6. The molecule has 2 heterocycles. The van der Waals surface area contributed by atoms with Crippen LogP contribution in [0.15, 0.2) is 34.0 Å². The molecule has 2 atom stereocenters. The summed E-state index contributed by atoms with van der Waals surface area (Å²) in [6, 6.07) is 4.36. The Balaban J connectivity index is 1.38. The number of halogens is 1. The number of H-pyrrole nitrogens is 1. The third kappa shape index (κ3) is 5.15. The Morgan fingerprint density at radius 2 is 2.09 bits per heavy atom. The third-order valence-electron chi connectivity index (χ3n) is 5.62. The fourth-order valence-electron chi connectivity index (χ4n) is 3.85. The number of nitrogens with one attached hydrogen (secondary N) is 2. The lowest BCUT2D eigenvalue weighted by atomic mass is 9.89. The van der Waals surface area contributed by atoms with Gasteiger partial charge in [0, 0.05) is 11.4 Å². The van der Waals surface area contributed by atoms with Crippen LogP contribution in [0.1, 0.15) is 49.1 Å². The van der Waals surface area contributed by atoms with Crippen LogP contribution in [0.5, 0.6) is 0 Å². The summed E-state index contributed by atoms with van der Waals surface area (Å²) in [5, 5.41) is 0.624. The SMILES string of the molecule is C[C@H]1CCc2c(sc3nc([C@H](C)OC(=O)CCNS(=O)(=O)c4ccc(F)cc4)[nH]c(=O)c23)C1. The molecule has 0 bridgehead atoms. The smallest absolute Gasteiger partial charge is 0.307 e. The average molecular weight is 494 g/mol. The predicted octanol–water partition coefficient (Wildman–Crippen LogP) is 3.22. The molecule has 0 spiro atoms. The first-order valence-corrected chi connectivity index (χ1v) is 12.9. The van der Waals surface area contributed by atoms with E-state index < -0.39 is 27.9 Å². The van der Waals surface area contributed by atoms with Crippen LogP contribution in [0.25, 0.3) is 10.2 Å². The number of carbonyl (C=O) groups is 1. The summed E-state index contributed by atoms with van der Waals surface area (Å²) < 4.78 is 45.0. The monoisotopic (exact) mass is 493 g/mol. The fourth-order valence-corrected chi connectivity index (χ4v) is 6.28. The van der Waals surface area contributed by atoms with Crippen molar-refractivity contribution in [2.24, 2.45) is 5.92 Å². The lowest BCUT2D eigenvalue weighted by molar-refractivity contribution is -0.148. The number of nitrogens with zero attached hydrogens (tertiary/aromatic N) is 1. The highest BCUT2D eigenvalue weighted by atomic mass is 32.2. The molecule has 33 heavy (non-hydrogen) atoms. The predicted molar refractivity (Wildman–Crippen MR) is 122 cm³/mol. The molecule has 4 rings (SSSR count). The van der Waals surface area contributed by atoms with Crippen molar-refractivity contribution in [3.05, 3.63) is 56.7 Å². The van der Waals surface area contributed by atoms with Gasteiger partial charge in [-0.25, -0.2) is 22.5 Å². The van der Waals surface area contributed by atoms with Crippen molar-refractivity contribution in [2.45, 2.75) is 50.5 Å². The van der Waals surface area contributed by atoms with Crippen molar-refractivity contribution in [3.63, 3.8) is 0 Å². The largest absolute Gasteiger partial charge is 0.454 e. The molecule has 0 amide bonds. The van der Waals surface area contributed by atoms with Crippen LogP contribution in [0.2, 0.25) is 0 Å². The molecule has 1 aromatic carbocycles. The molecule has 2 aromatic heterocycles. The molecule has 0 unspecified atom stereocenters. The van der Waals surface area contributed by atoms with Crippen LogP contribution in [-0.4, -0.2) is 30.9 Å². The van der Waals surface area contributed by atoms with E-state index in [4.69, 9.17) is 4.74 Å². The van der Waals surface area contributed by atoms with Gasteiger partial charge in [0.2, 0.25) is 10.0 Å². The number of aromatic amines is 1. The van der Waals surface area contributed by atoms with E-state index >= 15 is 0 Å². The summed E-state index contributed by atoms with van der Waals surface area (Å²) in [5.41, 5.74) is 0.837. The molecule has 0 saturated carbocycles. The number of ether oxygens (including phenoxy) is 1. The third-order valence-corrected chi connectivity index (χ3v) is 8.25. The highest BCUT2D eigenvalue weighted by molar-refractivity contribution is 7.89. The van der Waals surface area contributed by atoms with E-state index in [0.29, 0.717) is 16.1 Å². The lowest BCUT2D eigenvalue weighted by Gasteiger charge is -2.17. The van der Waals surface area contributed by atoms with Gasteiger partial charge in [0.15, 0.2) is 11.9 Å². The van der Waals surface area contributed by atoms with E-state index in [1.165, 1.54) is 16.2 Å². The van der Waals surface area contributed by atoms with E-state index in [1.54, 1.807) is 6.92 Å². The van der Waals surface area contributed by atoms with Gasteiger partial charge in [-0.3, -0.25) is 9.59 Å². The zero-order chi connectivity index (χ0) is 23.8. The molecule has 0 fully saturated rings. The first kappa shape index (κ1) is 23.5. The van der Waals surface area contributed by atoms with Gasteiger partial charge in [-0.05, 0) is 61.9 Å². The number of benzene rings is 1. The zero-order valence-corrected chi connectivity index (χ0v) is 19.8. The summed E-state index contributed by atoms with van der Waals surface area (Å²) in [7, 11) is -3.87. The number of carbonyl (C=O) groups excluding carboxylic acids is 1. The van der Waals surface area contributed by atoms with E-state index in [-0.39, 0.29) is 29.2 Å². The first-order valence-electron chi connectivity index (χ1n) is 10.6. The molecule has 0 saturated heterocycles. The quantitative estimate of drug-likeness (QED) is 0.488. The number of esters is 1.